The van der Waals surface area contributed by atoms with Gasteiger partial charge in [0.05, 0.1) is 0 Å². The molecule has 0 amide bonds. The number of benzene rings is 1. The van der Waals surface area contributed by atoms with Crippen LogP contribution >= 0.6 is 11.3 Å². The summed E-state index contributed by atoms with van der Waals surface area (Å²) in [6.45, 7) is 7.73. The van der Waals surface area contributed by atoms with Crippen LogP contribution in [0.25, 0.3) is 10.4 Å². The highest BCUT2D eigenvalue weighted by Crippen LogP contribution is 2.44. The molecule has 1 saturated carbocycles. The van der Waals surface area contributed by atoms with Gasteiger partial charge in [0.2, 0.25) is 0 Å². The van der Waals surface area contributed by atoms with Crippen molar-refractivity contribution in [3.63, 3.8) is 0 Å². The number of aryl methyl sites for hydroxylation is 2. The van der Waals surface area contributed by atoms with Gasteiger partial charge in [-0.15, -0.1) is 11.3 Å². The first-order valence-corrected chi connectivity index (χ1v) is 8.91. The van der Waals surface area contributed by atoms with Crippen molar-refractivity contribution in [3.8, 4) is 10.4 Å². The van der Waals surface area contributed by atoms with E-state index in [1.54, 1.807) is 0 Å². The van der Waals surface area contributed by atoms with Crippen molar-refractivity contribution in [1.82, 2.24) is 5.32 Å². The molecule has 0 aliphatic heterocycles. The van der Waals surface area contributed by atoms with Gasteiger partial charge in [0.15, 0.2) is 0 Å². The highest BCUT2D eigenvalue weighted by Gasteiger charge is 2.32. The van der Waals surface area contributed by atoms with Gasteiger partial charge in [-0.25, -0.2) is 0 Å². The van der Waals surface area contributed by atoms with Gasteiger partial charge in [-0.3, -0.25) is 0 Å². The van der Waals surface area contributed by atoms with Gasteiger partial charge in [-0.05, 0) is 63.3 Å². The molecule has 112 valence electrons. The molecule has 1 heterocycles. The average Bonchev–Trinajstić information content (AvgIpc) is 3.15. The summed E-state index contributed by atoms with van der Waals surface area (Å²) in [5.41, 5.74) is 4.07. The quantitative estimate of drug-likeness (QED) is 0.744. The number of nitrogens with one attached hydrogen (secondary N) is 1. The van der Waals surface area contributed by atoms with Crippen LogP contribution in [0.5, 0.6) is 0 Å². The maximum Gasteiger partial charge on any atom is 0.0443 e. The second kappa shape index (κ2) is 6.33. The Kier molecular flexibility index (Phi) is 4.46. The standard InChI is InChI=1S/C19H25NS/c1-4-9-20-19(15-5-6-15)18-8-7-17(21-18)16-11-13(2)10-14(3)12-16/h7-8,10-12,15,19-20H,4-6,9H2,1-3H3. The van der Waals surface area contributed by atoms with Gasteiger partial charge in [-0.1, -0.05) is 36.2 Å². The topological polar surface area (TPSA) is 12.0 Å². The van der Waals surface area contributed by atoms with E-state index in [9.17, 15) is 0 Å². The maximum atomic E-state index is 3.75. The Morgan fingerprint density at radius 1 is 1.14 bits per heavy atom. The monoisotopic (exact) mass is 299 g/mol. The Morgan fingerprint density at radius 3 is 2.48 bits per heavy atom. The fraction of sp³-hybridized carbons (Fsp3) is 0.474. The first-order valence-electron chi connectivity index (χ1n) is 8.09. The zero-order valence-corrected chi connectivity index (χ0v) is 14.1. The predicted octanol–water partition coefficient (Wildman–Crippen LogP) is 5.48. The molecule has 1 unspecified atom stereocenters. The van der Waals surface area contributed by atoms with Gasteiger partial charge in [0.25, 0.3) is 0 Å². The Morgan fingerprint density at radius 2 is 1.86 bits per heavy atom. The van der Waals surface area contributed by atoms with Crippen LogP contribution in [0.3, 0.4) is 0 Å². The fourth-order valence-electron chi connectivity index (χ4n) is 3.02. The lowest BCUT2D eigenvalue weighted by Crippen LogP contribution is -2.22. The van der Waals surface area contributed by atoms with Gasteiger partial charge in [0, 0.05) is 15.8 Å². The molecule has 3 rings (SSSR count). The van der Waals surface area contributed by atoms with E-state index < -0.39 is 0 Å². The van der Waals surface area contributed by atoms with E-state index >= 15 is 0 Å². The van der Waals surface area contributed by atoms with Gasteiger partial charge in [-0.2, -0.15) is 0 Å². The lowest BCUT2D eigenvalue weighted by atomic mass is 10.1. The molecule has 1 nitrogen and oxygen atoms in total. The normalized spacial score (nSPS) is 16.1. The molecular formula is C19H25NS. The Balaban J connectivity index is 1.84. The third-order valence-corrected chi connectivity index (χ3v) is 5.36. The van der Waals surface area contributed by atoms with Crippen molar-refractivity contribution in [2.75, 3.05) is 6.54 Å². The van der Waals surface area contributed by atoms with Crippen molar-refractivity contribution in [3.05, 3.63) is 46.3 Å². The lowest BCUT2D eigenvalue weighted by Gasteiger charge is -2.16. The zero-order chi connectivity index (χ0) is 14.8. The molecule has 21 heavy (non-hydrogen) atoms. The summed E-state index contributed by atoms with van der Waals surface area (Å²) in [4.78, 5) is 2.92. The maximum absolute atomic E-state index is 3.75. The van der Waals surface area contributed by atoms with Crippen molar-refractivity contribution in [2.45, 2.75) is 46.1 Å². The number of rotatable bonds is 6. The summed E-state index contributed by atoms with van der Waals surface area (Å²) in [7, 11) is 0. The lowest BCUT2D eigenvalue weighted by molar-refractivity contribution is 0.488. The molecule has 1 aliphatic carbocycles. The van der Waals surface area contributed by atoms with Gasteiger partial charge >= 0.3 is 0 Å². The first-order chi connectivity index (χ1) is 10.2. The highest BCUT2D eigenvalue weighted by atomic mass is 32.1. The van der Waals surface area contributed by atoms with Crippen molar-refractivity contribution < 1.29 is 0 Å². The Hall–Kier alpha value is -1.12. The second-order valence-electron chi connectivity index (χ2n) is 6.35. The SMILES string of the molecule is CCCNC(c1ccc(-c2cc(C)cc(C)c2)s1)C1CC1. The summed E-state index contributed by atoms with van der Waals surface area (Å²) < 4.78 is 0. The molecule has 1 fully saturated rings. The molecule has 2 heteroatoms. The second-order valence-corrected chi connectivity index (χ2v) is 7.46. The van der Waals surface area contributed by atoms with Crippen molar-refractivity contribution >= 4 is 11.3 Å². The van der Waals surface area contributed by atoms with E-state index in [4.69, 9.17) is 0 Å². The number of hydrogen-bond acceptors (Lipinski definition) is 2. The van der Waals surface area contributed by atoms with E-state index in [1.165, 1.54) is 45.7 Å². The van der Waals surface area contributed by atoms with Crippen LogP contribution < -0.4 is 5.32 Å². The van der Waals surface area contributed by atoms with Gasteiger partial charge < -0.3 is 5.32 Å². The van der Waals surface area contributed by atoms with Gasteiger partial charge in [0.1, 0.15) is 0 Å². The molecule has 0 bridgehead atoms. The van der Waals surface area contributed by atoms with E-state index in [-0.39, 0.29) is 0 Å². The molecule has 2 aromatic rings. The molecule has 1 aromatic heterocycles. The zero-order valence-electron chi connectivity index (χ0n) is 13.3. The van der Waals surface area contributed by atoms with Crippen molar-refractivity contribution in [2.24, 2.45) is 5.92 Å². The fourth-order valence-corrected chi connectivity index (χ4v) is 4.19. The van der Waals surface area contributed by atoms with E-state index in [0.29, 0.717) is 6.04 Å². The third-order valence-electron chi connectivity index (χ3n) is 4.15. The van der Waals surface area contributed by atoms with Crippen LogP contribution in [0.2, 0.25) is 0 Å². The minimum Gasteiger partial charge on any atom is -0.309 e. The van der Waals surface area contributed by atoms with Crippen LogP contribution in [0.15, 0.2) is 30.3 Å². The molecule has 1 aromatic carbocycles. The minimum absolute atomic E-state index is 0.578. The molecule has 0 saturated heterocycles. The molecule has 1 atom stereocenters. The van der Waals surface area contributed by atoms with E-state index in [0.717, 1.165) is 12.5 Å². The predicted molar refractivity (Wildman–Crippen MR) is 93.0 cm³/mol. The molecule has 0 spiro atoms. The Labute approximate surface area is 132 Å². The van der Waals surface area contributed by atoms with Crippen LogP contribution in [0, 0.1) is 19.8 Å². The van der Waals surface area contributed by atoms with Crippen LogP contribution in [-0.2, 0) is 0 Å². The molecular weight excluding hydrogens is 274 g/mol. The van der Waals surface area contributed by atoms with Crippen molar-refractivity contribution in [1.29, 1.82) is 0 Å². The average molecular weight is 299 g/mol. The minimum atomic E-state index is 0.578. The van der Waals surface area contributed by atoms with E-state index in [1.807, 2.05) is 11.3 Å². The number of hydrogen-bond donors (Lipinski definition) is 1. The highest BCUT2D eigenvalue weighted by molar-refractivity contribution is 7.15. The third kappa shape index (κ3) is 3.56. The molecule has 1 N–H and O–H groups in total. The smallest absolute Gasteiger partial charge is 0.0443 e. The van der Waals surface area contributed by atoms with E-state index in [2.05, 4.69) is 56.4 Å². The summed E-state index contributed by atoms with van der Waals surface area (Å²) in [5.74, 6) is 0.863. The van der Waals surface area contributed by atoms with Crippen LogP contribution in [0.1, 0.15) is 48.2 Å². The summed E-state index contributed by atoms with van der Waals surface area (Å²) in [5, 5.41) is 3.75. The Bertz CT molecular complexity index is 590. The number of thiophene rings is 1. The summed E-state index contributed by atoms with van der Waals surface area (Å²) >= 11 is 1.97. The van der Waals surface area contributed by atoms with Crippen LogP contribution in [-0.4, -0.2) is 6.54 Å². The molecule has 1 aliphatic rings. The molecule has 0 radical (unpaired) electrons. The first kappa shape index (κ1) is 14.8. The van der Waals surface area contributed by atoms with Crippen LogP contribution in [0.4, 0.5) is 0 Å². The summed E-state index contributed by atoms with van der Waals surface area (Å²) in [6, 6.07) is 12.1. The largest absolute Gasteiger partial charge is 0.309 e. The summed E-state index contributed by atoms with van der Waals surface area (Å²) in [6.07, 6.45) is 3.98.